The van der Waals surface area contributed by atoms with Gasteiger partial charge in [-0.05, 0) is 63.1 Å². The number of fused-ring (bicyclic) bond motifs is 1. The predicted octanol–water partition coefficient (Wildman–Crippen LogP) is 4.27. The molecule has 0 spiro atoms. The van der Waals surface area contributed by atoms with Gasteiger partial charge in [-0.3, -0.25) is 0 Å². The molecule has 6 heteroatoms. The highest BCUT2D eigenvalue weighted by atomic mass is 16.5. The summed E-state index contributed by atoms with van der Waals surface area (Å²) in [7, 11) is 1.98. The first-order valence-corrected chi connectivity index (χ1v) is 9.45. The Morgan fingerprint density at radius 1 is 1.29 bits per heavy atom. The highest BCUT2D eigenvalue weighted by molar-refractivity contribution is 5.67. The van der Waals surface area contributed by atoms with Gasteiger partial charge in [0.25, 0.3) is 5.89 Å². The minimum absolute atomic E-state index is 0.00503. The second kappa shape index (κ2) is 7.45. The van der Waals surface area contributed by atoms with Gasteiger partial charge in [0.05, 0.1) is 11.7 Å². The van der Waals surface area contributed by atoms with Crippen LogP contribution >= 0.6 is 0 Å². The van der Waals surface area contributed by atoms with Gasteiger partial charge in [0.1, 0.15) is 11.8 Å². The molecule has 0 saturated heterocycles. The molecule has 1 aliphatic rings. The lowest BCUT2D eigenvalue weighted by Gasteiger charge is -2.11. The molecular formula is C22H22N4O2. The Bertz CT molecular complexity index is 1050. The molecule has 6 nitrogen and oxygen atoms in total. The van der Waals surface area contributed by atoms with Crippen molar-refractivity contribution in [3.63, 3.8) is 0 Å². The first-order chi connectivity index (χ1) is 13.6. The fraction of sp³-hybridized carbons (Fsp3) is 0.318. The number of nitriles is 1. The summed E-state index contributed by atoms with van der Waals surface area (Å²) in [5.41, 5.74) is 4.72. The smallest absolute Gasteiger partial charge is 0.258 e. The van der Waals surface area contributed by atoms with Crippen LogP contribution in [0.3, 0.4) is 0 Å². The number of rotatable bonds is 5. The average molecular weight is 374 g/mol. The molecule has 0 radical (unpaired) electrons. The largest absolute Gasteiger partial charge is 0.490 e. The van der Waals surface area contributed by atoms with E-state index < -0.39 is 0 Å². The maximum atomic E-state index is 9.44. The minimum atomic E-state index is -0.00503. The van der Waals surface area contributed by atoms with Crippen LogP contribution in [0.2, 0.25) is 0 Å². The Morgan fingerprint density at radius 3 is 2.89 bits per heavy atom. The molecule has 1 heterocycles. The van der Waals surface area contributed by atoms with Crippen LogP contribution in [0.15, 0.2) is 40.9 Å². The third kappa shape index (κ3) is 3.25. The second-order valence-electron chi connectivity index (χ2n) is 7.17. The minimum Gasteiger partial charge on any atom is -0.490 e. The number of hydrogen-bond acceptors (Lipinski definition) is 6. The van der Waals surface area contributed by atoms with Crippen molar-refractivity contribution in [1.29, 1.82) is 5.26 Å². The molecule has 142 valence electrons. The van der Waals surface area contributed by atoms with Crippen molar-refractivity contribution in [2.45, 2.75) is 38.8 Å². The van der Waals surface area contributed by atoms with Crippen LogP contribution in [-0.2, 0) is 6.42 Å². The first-order valence-electron chi connectivity index (χ1n) is 9.45. The Hall–Kier alpha value is -3.17. The van der Waals surface area contributed by atoms with Crippen molar-refractivity contribution in [3.8, 4) is 34.7 Å². The van der Waals surface area contributed by atoms with E-state index in [1.54, 1.807) is 12.1 Å². The summed E-state index contributed by atoms with van der Waals surface area (Å²) in [6.07, 6.45) is 2.05. The van der Waals surface area contributed by atoms with E-state index in [9.17, 15) is 5.26 Å². The summed E-state index contributed by atoms with van der Waals surface area (Å²) in [4.78, 5) is 4.60. The van der Waals surface area contributed by atoms with Gasteiger partial charge < -0.3 is 14.6 Å². The van der Waals surface area contributed by atoms with Gasteiger partial charge in [-0.25, -0.2) is 0 Å². The molecule has 0 saturated carbocycles. The Labute approximate surface area is 164 Å². The number of hydrogen-bond donors (Lipinski definition) is 1. The molecule has 0 unspecified atom stereocenters. The topological polar surface area (TPSA) is 84.0 Å². The summed E-state index contributed by atoms with van der Waals surface area (Å²) in [5.74, 6) is 1.52. The van der Waals surface area contributed by atoms with Crippen LogP contribution in [0.5, 0.6) is 5.75 Å². The van der Waals surface area contributed by atoms with Crippen molar-refractivity contribution < 1.29 is 9.26 Å². The number of aromatic nitrogens is 2. The summed E-state index contributed by atoms with van der Waals surface area (Å²) in [6, 6.07) is 14.1. The second-order valence-corrected chi connectivity index (χ2v) is 7.17. The van der Waals surface area contributed by atoms with E-state index >= 15 is 0 Å². The summed E-state index contributed by atoms with van der Waals surface area (Å²) in [6.45, 7) is 3.85. The molecule has 0 aliphatic heterocycles. The molecule has 4 rings (SSSR count). The van der Waals surface area contributed by atoms with E-state index in [0.29, 0.717) is 34.6 Å². The first kappa shape index (κ1) is 18.2. The van der Waals surface area contributed by atoms with Gasteiger partial charge in [0.15, 0.2) is 0 Å². The molecule has 2 aromatic carbocycles. The molecule has 1 N–H and O–H groups in total. The van der Waals surface area contributed by atoms with E-state index in [1.165, 1.54) is 11.1 Å². The average Bonchev–Trinajstić information content (AvgIpc) is 3.34. The zero-order chi connectivity index (χ0) is 19.7. The van der Waals surface area contributed by atoms with Gasteiger partial charge in [0.2, 0.25) is 5.82 Å². The van der Waals surface area contributed by atoms with Gasteiger partial charge >= 0.3 is 0 Å². The molecule has 1 aliphatic carbocycles. The van der Waals surface area contributed by atoms with Crippen LogP contribution in [0, 0.1) is 11.3 Å². The standard InChI is InChI=1S/C22H22N4O2/c1-13(2)27-20-10-7-14(11-15(20)12-23)22-25-21(26-28-22)18-6-4-5-17-16(18)8-9-19(17)24-3/h4-7,10-11,13,19,24H,8-9H2,1-3H3/t19-/m0/s1. The van der Waals surface area contributed by atoms with E-state index in [0.717, 1.165) is 18.4 Å². The van der Waals surface area contributed by atoms with Crippen LogP contribution in [0.1, 0.15) is 43.0 Å². The van der Waals surface area contributed by atoms with Crippen LogP contribution in [0.4, 0.5) is 0 Å². The van der Waals surface area contributed by atoms with Crippen LogP contribution in [0.25, 0.3) is 22.8 Å². The molecule has 3 aromatic rings. The Morgan fingerprint density at radius 2 is 2.14 bits per heavy atom. The molecular weight excluding hydrogens is 352 g/mol. The highest BCUT2D eigenvalue weighted by Gasteiger charge is 2.25. The van der Waals surface area contributed by atoms with E-state index in [2.05, 4.69) is 27.6 Å². The molecule has 1 aromatic heterocycles. The predicted molar refractivity (Wildman–Crippen MR) is 106 cm³/mol. The van der Waals surface area contributed by atoms with Gasteiger partial charge in [-0.2, -0.15) is 10.2 Å². The Balaban J connectivity index is 1.68. The number of ether oxygens (including phenoxy) is 1. The lowest BCUT2D eigenvalue weighted by Crippen LogP contribution is -2.12. The fourth-order valence-electron chi connectivity index (χ4n) is 3.72. The number of benzene rings is 2. The van der Waals surface area contributed by atoms with Crippen molar-refractivity contribution in [2.75, 3.05) is 7.05 Å². The monoisotopic (exact) mass is 374 g/mol. The number of nitrogens with one attached hydrogen (secondary N) is 1. The van der Waals surface area contributed by atoms with E-state index in [4.69, 9.17) is 9.26 Å². The third-order valence-corrected chi connectivity index (χ3v) is 5.00. The van der Waals surface area contributed by atoms with E-state index in [-0.39, 0.29) is 6.10 Å². The Kier molecular flexibility index (Phi) is 4.84. The molecule has 1 atom stereocenters. The molecule has 0 amide bonds. The normalized spacial score (nSPS) is 15.5. The van der Waals surface area contributed by atoms with Crippen molar-refractivity contribution in [2.24, 2.45) is 0 Å². The van der Waals surface area contributed by atoms with Crippen molar-refractivity contribution in [3.05, 3.63) is 53.1 Å². The van der Waals surface area contributed by atoms with Gasteiger partial charge in [-0.15, -0.1) is 0 Å². The lowest BCUT2D eigenvalue weighted by molar-refractivity contribution is 0.242. The highest BCUT2D eigenvalue weighted by Crippen LogP contribution is 2.37. The number of nitrogens with zero attached hydrogens (tertiary/aromatic N) is 3. The van der Waals surface area contributed by atoms with Crippen molar-refractivity contribution in [1.82, 2.24) is 15.5 Å². The van der Waals surface area contributed by atoms with Gasteiger partial charge in [-0.1, -0.05) is 23.4 Å². The summed E-state index contributed by atoms with van der Waals surface area (Å²) in [5, 5.41) is 17.0. The SMILES string of the molecule is CN[C@H]1CCc2c(-c3noc(-c4ccc(OC(C)C)c(C#N)c4)n3)cccc21. The van der Waals surface area contributed by atoms with Crippen LogP contribution < -0.4 is 10.1 Å². The fourth-order valence-corrected chi connectivity index (χ4v) is 3.72. The zero-order valence-electron chi connectivity index (χ0n) is 16.2. The zero-order valence-corrected chi connectivity index (χ0v) is 16.2. The summed E-state index contributed by atoms with van der Waals surface area (Å²) >= 11 is 0. The summed E-state index contributed by atoms with van der Waals surface area (Å²) < 4.78 is 11.2. The quantitative estimate of drug-likeness (QED) is 0.718. The van der Waals surface area contributed by atoms with Crippen LogP contribution in [-0.4, -0.2) is 23.3 Å². The van der Waals surface area contributed by atoms with E-state index in [1.807, 2.05) is 39.1 Å². The molecule has 28 heavy (non-hydrogen) atoms. The third-order valence-electron chi connectivity index (χ3n) is 5.00. The molecule has 0 fully saturated rings. The maximum Gasteiger partial charge on any atom is 0.258 e. The van der Waals surface area contributed by atoms with Gasteiger partial charge in [0, 0.05) is 17.2 Å². The van der Waals surface area contributed by atoms with Crippen molar-refractivity contribution >= 4 is 0 Å². The maximum absolute atomic E-state index is 9.44. The lowest BCUT2D eigenvalue weighted by atomic mass is 10.0. The molecule has 0 bridgehead atoms.